The molecule has 0 heterocycles. The lowest BCUT2D eigenvalue weighted by atomic mass is 9.97. The highest BCUT2D eigenvalue weighted by molar-refractivity contribution is 5.88. The first-order valence-electron chi connectivity index (χ1n) is 7.42. The number of halogens is 2. The molecule has 24 heavy (non-hydrogen) atoms. The minimum Gasteiger partial charge on any atom is -0.466 e. The van der Waals surface area contributed by atoms with Crippen molar-refractivity contribution < 1.29 is 27.9 Å². The maximum absolute atomic E-state index is 13.1. The fourth-order valence-electron chi connectivity index (χ4n) is 2.15. The first kappa shape index (κ1) is 19.5. The molecule has 0 spiro atoms. The normalized spacial score (nSPS) is 13.0. The topological polar surface area (TPSA) is 98.5 Å². The summed E-state index contributed by atoms with van der Waals surface area (Å²) in [6, 6.07) is 2.00. The Morgan fingerprint density at radius 2 is 1.92 bits per heavy atom. The molecular formula is C16H20F2N2O4. The van der Waals surface area contributed by atoms with Crippen LogP contribution in [0.4, 0.5) is 8.78 Å². The molecule has 0 aromatic heterocycles. The Morgan fingerprint density at radius 3 is 2.46 bits per heavy atom. The highest BCUT2D eigenvalue weighted by atomic mass is 19.2. The van der Waals surface area contributed by atoms with Crippen molar-refractivity contribution in [2.24, 2.45) is 11.7 Å². The van der Waals surface area contributed by atoms with Crippen LogP contribution >= 0.6 is 0 Å². The predicted octanol–water partition coefficient (Wildman–Crippen LogP) is 1.07. The van der Waals surface area contributed by atoms with E-state index in [2.05, 4.69) is 5.32 Å². The zero-order valence-corrected chi connectivity index (χ0v) is 13.5. The number of esters is 1. The van der Waals surface area contributed by atoms with Gasteiger partial charge < -0.3 is 15.8 Å². The van der Waals surface area contributed by atoms with Crippen LogP contribution in [0.5, 0.6) is 0 Å². The molecule has 6 nitrogen and oxygen atoms in total. The van der Waals surface area contributed by atoms with Gasteiger partial charge in [-0.25, -0.2) is 8.78 Å². The van der Waals surface area contributed by atoms with Crippen molar-refractivity contribution in [3.63, 3.8) is 0 Å². The van der Waals surface area contributed by atoms with E-state index in [0.717, 1.165) is 12.1 Å². The molecule has 0 fully saturated rings. The highest BCUT2D eigenvalue weighted by Crippen LogP contribution is 2.12. The molecule has 0 radical (unpaired) electrons. The molecule has 2 amide bonds. The zero-order chi connectivity index (χ0) is 18.3. The summed E-state index contributed by atoms with van der Waals surface area (Å²) in [6.45, 7) is 3.43. The van der Waals surface area contributed by atoms with Crippen LogP contribution in [-0.2, 0) is 25.5 Å². The molecule has 2 atom stereocenters. The van der Waals surface area contributed by atoms with Crippen LogP contribution in [-0.4, -0.2) is 30.4 Å². The monoisotopic (exact) mass is 342 g/mol. The number of primary amides is 1. The van der Waals surface area contributed by atoms with Gasteiger partial charge in [-0.3, -0.25) is 14.4 Å². The minimum atomic E-state index is -1.08. The predicted molar refractivity (Wildman–Crippen MR) is 81.6 cm³/mol. The number of nitrogens with two attached hydrogens (primary N) is 1. The standard InChI is InChI=1S/C16H20F2N2O4/c1-3-24-14(22)6-9(2)15(16(19)23)20-13(21)8-10-4-5-11(17)12(18)7-10/h4-5,7,9,15H,3,6,8H2,1-2H3,(H2,19,23)(H,20,21)/t9-,15-/m1/s1. The Hall–Kier alpha value is -2.51. The summed E-state index contributed by atoms with van der Waals surface area (Å²) in [7, 11) is 0. The zero-order valence-electron chi connectivity index (χ0n) is 13.5. The van der Waals surface area contributed by atoms with Gasteiger partial charge in [0.05, 0.1) is 19.4 Å². The van der Waals surface area contributed by atoms with Crippen molar-refractivity contribution in [3.8, 4) is 0 Å². The average Bonchev–Trinajstić information content (AvgIpc) is 2.48. The van der Waals surface area contributed by atoms with Gasteiger partial charge in [-0.15, -0.1) is 0 Å². The van der Waals surface area contributed by atoms with Gasteiger partial charge in [0.2, 0.25) is 11.8 Å². The summed E-state index contributed by atoms with van der Waals surface area (Å²) < 4.78 is 30.8. The minimum absolute atomic E-state index is 0.0904. The van der Waals surface area contributed by atoms with Gasteiger partial charge in [-0.2, -0.15) is 0 Å². The van der Waals surface area contributed by atoms with Crippen molar-refractivity contribution in [1.82, 2.24) is 5.32 Å². The molecule has 0 saturated carbocycles. The Bertz CT molecular complexity index is 622. The Kier molecular flexibility index (Phi) is 7.29. The molecule has 0 unspecified atom stereocenters. The second-order valence-corrected chi connectivity index (χ2v) is 5.36. The summed E-state index contributed by atoms with van der Waals surface area (Å²) in [5.41, 5.74) is 5.50. The highest BCUT2D eigenvalue weighted by Gasteiger charge is 2.27. The molecule has 1 aromatic carbocycles. The Labute approximate surface area is 138 Å². The average molecular weight is 342 g/mol. The SMILES string of the molecule is CCOC(=O)C[C@@H](C)[C@@H](NC(=O)Cc1ccc(F)c(F)c1)C(N)=O. The molecule has 3 N–H and O–H groups in total. The van der Waals surface area contributed by atoms with Gasteiger partial charge in [0.1, 0.15) is 6.04 Å². The molecule has 132 valence electrons. The quantitative estimate of drug-likeness (QED) is 0.690. The van der Waals surface area contributed by atoms with Crippen molar-refractivity contribution in [1.29, 1.82) is 0 Å². The molecule has 1 rings (SSSR count). The molecule has 0 aliphatic heterocycles. The summed E-state index contributed by atoms with van der Waals surface area (Å²) >= 11 is 0. The van der Waals surface area contributed by atoms with Gasteiger partial charge in [0.25, 0.3) is 0 Å². The molecule has 0 aliphatic rings. The molecule has 8 heteroatoms. The third-order valence-corrected chi connectivity index (χ3v) is 3.33. The number of hydrogen-bond acceptors (Lipinski definition) is 4. The van der Waals surface area contributed by atoms with Crippen LogP contribution < -0.4 is 11.1 Å². The van der Waals surface area contributed by atoms with Crippen LogP contribution in [0.15, 0.2) is 18.2 Å². The van der Waals surface area contributed by atoms with Crippen LogP contribution in [0.1, 0.15) is 25.8 Å². The summed E-state index contributed by atoms with van der Waals surface area (Å²) in [5.74, 6) is -4.56. The second-order valence-electron chi connectivity index (χ2n) is 5.36. The van der Waals surface area contributed by atoms with Gasteiger partial charge in [0.15, 0.2) is 11.6 Å². The van der Waals surface area contributed by atoms with E-state index in [0.29, 0.717) is 0 Å². The molecule has 0 bridgehead atoms. The summed E-state index contributed by atoms with van der Waals surface area (Å²) in [6.07, 6.45) is -0.347. The van der Waals surface area contributed by atoms with E-state index in [1.807, 2.05) is 0 Å². The van der Waals surface area contributed by atoms with Gasteiger partial charge >= 0.3 is 5.97 Å². The van der Waals surface area contributed by atoms with Crippen LogP contribution in [0.25, 0.3) is 0 Å². The van der Waals surface area contributed by atoms with E-state index in [-0.39, 0.29) is 25.0 Å². The van der Waals surface area contributed by atoms with E-state index in [1.54, 1.807) is 13.8 Å². The van der Waals surface area contributed by atoms with Gasteiger partial charge in [-0.1, -0.05) is 13.0 Å². The number of hydrogen-bond donors (Lipinski definition) is 2. The number of carbonyl (C=O) groups excluding carboxylic acids is 3. The first-order valence-corrected chi connectivity index (χ1v) is 7.42. The third-order valence-electron chi connectivity index (χ3n) is 3.33. The smallest absolute Gasteiger partial charge is 0.306 e. The molecule has 0 aliphatic carbocycles. The van der Waals surface area contributed by atoms with Crippen LogP contribution in [0.3, 0.4) is 0 Å². The summed E-state index contributed by atoms with van der Waals surface area (Å²) in [5, 5.41) is 2.41. The third kappa shape index (κ3) is 5.94. The lowest BCUT2D eigenvalue weighted by Crippen LogP contribution is -2.49. The fourth-order valence-corrected chi connectivity index (χ4v) is 2.15. The lowest BCUT2D eigenvalue weighted by molar-refractivity contribution is -0.144. The molecular weight excluding hydrogens is 322 g/mol. The summed E-state index contributed by atoms with van der Waals surface area (Å²) in [4.78, 5) is 35.0. The maximum Gasteiger partial charge on any atom is 0.306 e. The Morgan fingerprint density at radius 1 is 1.25 bits per heavy atom. The first-order chi connectivity index (χ1) is 11.2. The Balaban J connectivity index is 2.69. The molecule has 1 aromatic rings. The largest absolute Gasteiger partial charge is 0.466 e. The van der Waals surface area contributed by atoms with Crippen LogP contribution in [0, 0.1) is 17.6 Å². The van der Waals surface area contributed by atoms with E-state index in [9.17, 15) is 23.2 Å². The fraction of sp³-hybridized carbons (Fsp3) is 0.438. The number of ether oxygens (including phenoxy) is 1. The van der Waals surface area contributed by atoms with Crippen LogP contribution in [0.2, 0.25) is 0 Å². The number of amides is 2. The van der Waals surface area contributed by atoms with Gasteiger partial charge in [0, 0.05) is 0 Å². The van der Waals surface area contributed by atoms with Crippen molar-refractivity contribution in [2.75, 3.05) is 6.61 Å². The van der Waals surface area contributed by atoms with Crippen molar-refractivity contribution in [2.45, 2.75) is 32.7 Å². The number of carbonyl (C=O) groups is 3. The second kappa shape index (κ2) is 8.95. The maximum atomic E-state index is 13.1. The molecule has 0 saturated heterocycles. The van der Waals surface area contributed by atoms with Crippen molar-refractivity contribution >= 4 is 17.8 Å². The van der Waals surface area contributed by atoms with E-state index in [4.69, 9.17) is 10.5 Å². The van der Waals surface area contributed by atoms with Gasteiger partial charge in [-0.05, 0) is 30.5 Å². The van der Waals surface area contributed by atoms with Crippen molar-refractivity contribution in [3.05, 3.63) is 35.4 Å². The van der Waals surface area contributed by atoms with E-state index in [1.165, 1.54) is 6.07 Å². The van der Waals surface area contributed by atoms with E-state index < -0.39 is 41.4 Å². The lowest BCUT2D eigenvalue weighted by Gasteiger charge is -2.21. The number of rotatable bonds is 8. The number of nitrogens with one attached hydrogen (secondary N) is 1. The van der Waals surface area contributed by atoms with E-state index >= 15 is 0 Å². The number of benzene rings is 1.